The lowest BCUT2D eigenvalue weighted by atomic mass is 10.00. The van der Waals surface area contributed by atoms with Crippen molar-refractivity contribution in [2.75, 3.05) is 32.7 Å². The predicted molar refractivity (Wildman–Crippen MR) is 95.8 cm³/mol. The average molecular weight is 314 g/mol. The number of nitrogens with zero attached hydrogens (tertiary/aromatic N) is 4. The normalized spacial score (nSPS) is 18.2. The summed E-state index contributed by atoms with van der Waals surface area (Å²) >= 11 is 0. The summed E-state index contributed by atoms with van der Waals surface area (Å²) in [5.74, 6) is 1.89. The van der Waals surface area contributed by atoms with Crippen LogP contribution in [0, 0.1) is 12.8 Å². The van der Waals surface area contributed by atoms with Gasteiger partial charge in [-0.05, 0) is 38.3 Å². The second-order valence-corrected chi connectivity index (χ2v) is 7.77. The van der Waals surface area contributed by atoms with Crippen molar-refractivity contribution in [3.05, 3.63) is 35.9 Å². The van der Waals surface area contributed by atoms with Gasteiger partial charge in [0.2, 0.25) is 0 Å². The number of aryl methyl sites for hydroxylation is 1. The Morgan fingerprint density at radius 3 is 2.52 bits per heavy atom. The van der Waals surface area contributed by atoms with Gasteiger partial charge in [0.1, 0.15) is 5.82 Å². The first kappa shape index (κ1) is 16.5. The standard InChI is InChI=1S/C19H30N4/c1-15(2)14-21-9-11-22(12-10-21)19(4,5)18-20-13-17-16(3)7-6-8-23(17)18/h6-8,13,15H,9-12,14H2,1-5H3. The van der Waals surface area contributed by atoms with Crippen LogP contribution >= 0.6 is 0 Å². The molecule has 4 nitrogen and oxygen atoms in total. The van der Waals surface area contributed by atoms with Crippen LogP contribution in [0.2, 0.25) is 0 Å². The summed E-state index contributed by atoms with van der Waals surface area (Å²) in [7, 11) is 0. The molecular formula is C19H30N4. The van der Waals surface area contributed by atoms with Gasteiger partial charge in [-0.2, -0.15) is 0 Å². The summed E-state index contributed by atoms with van der Waals surface area (Å²) in [5, 5.41) is 0. The van der Waals surface area contributed by atoms with Crippen LogP contribution in [0.25, 0.3) is 5.52 Å². The molecule has 0 aliphatic carbocycles. The van der Waals surface area contributed by atoms with Crippen LogP contribution in [0.3, 0.4) is 0 Å². The zero-order valence-electron chi connectivity index (χ0n) is 15.2. The van der Waals surface area contributed by atoms with Gasteiger partial charge in [0.05, 0.1) is 17.3 Å². The highest BCUT2D eigenvalue weighted by Crippen LogP contribution is 2.29. The van der Waals surface area contributed by atoms with E-state index in [2.05, 4.69) is 67.1 Å². The number of pyridine rings is 1. The quantitative estimate of drug-likeness (QED) is 0.866. The molecule has 3 rings (SSSR count). The fourth-order valence-corrected chi connectivity index (χ4v) is 3.76. The highest BCUT2D eigenvalue weighted by molar-refractivity contribution is 5.53. The molecule has 126 valence electrons. The smallest absolute Gasteiger partial charge is 0.133 e. The fraction of sp³-hybridized carbons (Fsp3) is 0.632. The summed E-state index contributed by atoms with van der Waals surface area (Å²) in [5.41, 5.74) is 2.45. The second-order valence-electron chi connectivity index (χ2n) is 7.77. The van der Waals surface area contributed by atoms with E-state index >= 15 is 0 Å². The Hall–Kier alpha value is -1.39. The van der Waals surface area contributed by atoms with Crippen LogP contribution in [0.4, 0.5) is 0 Å². The van der Waals surface area contributed by atoms with E-state index in [4.69, 9.17) is 4.98 Å². The zero-order valence-corrected chi connectivity index (χ0v) is 15.2. The van der Waals surface area contributed by atoms with E-state index in [-0.39, 0.29) is 5.54 Å². The molecule has 1 saturated heterocycles. The van der Waals surface area contributed by atoms with E-state index in [1.54, 1.807) is 0 Å². The Morgan fingerprint density at radius 2 is 1.87 bits per heavy atom. The van der Waals surface area contributed by atoms with Gasteiger partial charge < -0.3 is 9.30 Å². The molecule has 1 aliphatic rings. The topological polar surface area (TPSA) is 23.8 Å². The summed E-state index contributed by atoms with van der Waals surface area (Å²) < 4.78 is 2.26. The Labute approximate surface area is 140 Å². The average Bonchev–Trinajstić information content (AvgIpc) is 2.93. The van der Waals surface area contributed by atoms with Crippen molar-refractivity contribution >= 4 is 5.52 Å². The molecule has 3 heterocycles. The number of imidazole rings is 1. The molecule has 0 spiro atoms. The maximum absolute atomic E-state index is 4.78. The molecule has 0 saturated carbocycles. The lowest BCUT2D eigenvalue weighted by Gasteiger charge is -2.43. The van der Waals surface area contributed by atoms with Gasteiger partial charge in [0.15, 0.2) is 0 Å². The van der Waals surface area contributed by atoms with E-state index in [1.165, 1.54) is 17.6 Å². The second kappa shape index (κ2) is 6.25. The Bertz CT molecular complexity index is 663. The number of piperazine rings is 1. The van der Waals surface area contributed by atoms with Crippen molar-refractivity contribution in [1.29, 1.82) is 0 Å². The third-order valence-electron chi connectivity index (χ3n) is 5.12. The largest absolute Gasteiger partial charge is 0.302 e. The van der Waals surface area contributed by atoms with Crippen molar-refractivity contribution in [1.82, 2.24) is 19.2 Å². The van der Waals surface area contributed by atoms with E-state index < -0.39 is 0 Å². The lowest BCUT2D eigenvalue weighted by molar-refractivity contribution is 0.0412. The minimum absolute atomic E-state index is 0.0515. The van der Waals surface area contributed by atoms with Gasteiger partial charge in [0.25, 0.3) is 0 Å². The third-order valence-corrected chi connectivity index (χ3v) is 5.12. The molecule has 0 atom stereocenters. The van der Waals surface area contributed by atoms with E-state index in [0.717, 1.165) is 37.9 Å². The monoisotopic (exact) mass is 314 g/mol. The number of fused-ring (bicyclic) bond motifs is 1. The van der Waals surface area contributed by atoms with Crippen LogP contribution in [0.15, 0.2) is 24.5 Å². The van der Waals surface area contributed by atoms with Crippen LogP contribution < -0.4 is 0 Å². The number of aromatic nitrogens is 2. The van der Waals surface area contributed by atoms with E-state index in [1.807, 2.05) is 6.20 Å². The van der Waals surface area contributed by atoms with Crippen LogP contribution in [-0.4, -0.2) is 51.9 Å². The molecule has 23 heavy (non-hydrogen) atoms. The van der Waals surface area contributed by atoms with Gasteiger partial charge in [-0.3, -0.25) is 4.90 Å². The maximum Gasteiger partial charge on any atom is 0.133 e. The summed E-state index contributed by atoms with van der Waals surface area (Å²) in [6.07, 6.45) is 4.16. The summed E-state index contributed by atoms with van der Waals surface area (Å²) in [4.78, 5) is 9.95. The van der Waals surface area contributed by atoms with Crippen molar-refractivity contribution in [3.63, 3.8) is 0 Å². The summed E-state index contributed by atoms with van der Waals surface area (Å²) in [6.45, 7) is 17.1. The highest BCUT2D eigenvalue weighted by atomic mass is 15.3. The summed E-state index contributed by atoms with van der Waals surface area (Å²) in [6, 6.07) is 4.27. The van der Waals surface area contributed by atoms with Crippen molar-refractivity contribution in [2.24, 2.45) is 5.92 Å². The first-order valence-electron chi connectivity index (χ1n) is 8.80. The highest BCUT2D eigenvalue weighted by Gasteiger charge is 2.34. The van der Waals surface area contributed by atoms with Gasteiger partial charge in [-0.1, -0.05) is 19.9 Å². The Balaban J connectivity index is 1.80. The van der Waals surface area contributed by atoms with Crippen LogP contribution in [0.5, 0.6) is 0 Å². The van der Waals surface area contributed by atoms with Gasteiger partial charge >= 0.3 is 0 Å². The zero-order chi connectivity index (χ0) is 16.6. The van der Waals surface area contributed by atoms with Gasteiger partial charge in [-0.15, -0.1) is 0 Å². The Kier molecular flexibility index (Phi) is 4.47. The van der Waals surface area contributed by atoms with Gasteiger partial charge in [0, 0.05) is 38.9 Å². The number of hydrogen-bond donors (Lipinski definition) is 0. The van der Waals surface area contributed by atoms with Gasteiger partial charge in [-0.25, -0.2) is 4.98 Å². The first-order valence-corrected chi connectivity index (χ1v) is 8.80. The molecule has 1 aliphatic heterocycles. The van der Waals surface area contributed by atoms with E-state index in [0.29, 0.717) is 0 Å². The van der Waals surface area contributed by atoms with Crippen LogP contribution in [-0.2, 0) is 5.54 Å². The fourth-order valence-electron chi connectivity index (χ4n) is 3.76. The maximum atomic E-state index is 4.78. The Morgan fingerprint density at radius 1 is 1.17 bits per heavy atom. The molecule has 2 aromatic heterocycles. The van der Waals surface area contributed by atoms with Crippen LogP contribution in [0.1, 0.15) is 39.1 Å². The number of hydrogen-bond acceptors (Lipinski definition) is 3. The molecule has 0 aromatic carbocycles. The lowest BCUT2D eigenvalue weighted by Crippen LogP contribution is -2.54. The molecule has 0 unspecified atom stereocenters. The SMILES string of the molecule is Cc1cccn2c(C(C)(C)N3CCN(CC(C)C)CC3)ncc12. The molecule has 4 heteroatoms. The minimum Gasteiger partial charge on any atom is -0.302 e. The molecule has 1 fully saturated rings. The van der Waals surface area contributed by atoms with Crippen molar-refractivity contribution in [2.45, 2.75) is 40.2 Å². The minimum atomic E-state index is -0.0515. The number of rotatable bonds is 4. The molecule has 0 bridgehead atoms. The van der Waals surface area contributed by atoms with E-state index in [9.17, 15) is 0 Å². The third kappa shape index (κ3) is 3.15. The molecule has 0 N–H and O–H groups in total. The molecule has 0 radical (unpaired) electrons. The van der Waals surface area contributed by atoms with Crippen molar-refractivity contribution < 1.29 is 0 Å². The first-order chi connectivity index (χ1) is 10.9. The molecular weight excluding hydrogens is 284 g/mol. The molecule has 0 amide bonds. The van der Waals surface area contributed by atoms with Crippen molar-refractivity contribution in [3.8, 4) is 0 Å². The molecule has 2 aromatic rings. The predicted octanol–water partition coefficient (Wildman–Crippen LogP) is 3.15.